The van der Waals surface area contributed by atoms with Crippen LogP contribution in [-0.2, 0) is 0 Å². The summed E-state index contributed by atoms with van der Waals surface area (Å²) in [5, 5.41) is 22.9. The van der Waals surface area contributed by atoms with Crippen LogP contribution in [0.15, 0.2) is 30.3 Å². The van der Waals surface area contributed by atoms with Crippen LogP contribution in [0.1, 0.15) is 29.9 Å². The largest absolute Gasteiger partial charge is 0.507 e. The van der Waals surface area contributed by atoms with Crippen LogP contribution >= 0.6 is 0 Å². The molecule has 0 saturated heterocycles. The van der Waals surface area contributed by atoms with Crippen molar-refractivity contribution < 1.29 is 10.2 Å². The molecule has 2 rings (SSSR count). The van der Waals surface area contributed by atoms with Crippen molar-refractivity contribution in [2.45, 2.75) is 26.8 Å². The number of aromatic nitrogens is 1. The van der Waals surface area contributed by atoms with Crippen LogP contribution in [0.2, 0.25) is 0 Å². The molecule has 1 heterocycles. The minimum atomic E-state index is -0.218. The molecule has 1 atom stereocenters. The molecular weight excluding hydrogens is 240 g/mol. The van der Waals surface area contributed by atoms with Crippen molar-refractivity contribution in [3.8, 4) is 11.5 Å². The third kappa shape index (κ3) is 2.78. The van der Waals surface area contributed by atoms with Gasteiger partial charge in [0.15, 0.2) is 0 Å². The first kappa shape index (κ1) is 13.2. The third-order valence-corrected chi connectivity index (χ3v) is 3.09. The standard InChI is InChI=1S/C15H18N2O2/c1-9-7-8-12(10(2)16-9)17-11(3)15-13(18)5-4-6-14(15)19/h4-8,11,17-19H,1-3H3. The summed E-state index contributed by atoms with van der Waals surface area (Å²) in [7, 11) is 0. The van der Waals surface area contributed by atoms with Crippen molar-refractivity contribution in [3.05, 3.63) is 47.3 Å². The fraction of sp³-hybridized carbons (Fsp3) is 0.267. The Hall–Kier alpha value is -2.23. The van der Waals surface area contributed by atoms with Crippen LogP contribution in [0, 0.1) is 13.8 Å². The second-order valence-electron chi connectivity index (χ2n) is 4.66. The number of phenols is 2. The first-order chi connectivity index (χ1) is 8.99. The Morgan fingerprint density at radius 3 is 2.26 bits per heavy atom. The number of nitrogens with one attached hydrogen (secondary N) is 1. The molecule has 19 heavy (non-hydrogen) atoms. The first-order valence-electron chi connectivity index (χ1n) is 6.20. The van der Waals surface area contributed by atoms with Crippen LogP contribution in [0.5, 0.6) is 11.5 Å². The SMILES string of the molecule is Cc1ccc(NC(C)c2c(O)cccc2O)c(C)n1. The maximum atomic E-state index is 9.84. The summed E-state index contributed by atoms with van der Waals surface area (Å²) in [4.78, 5) is 4.38. The fourth-order valence-corrected chi connectivity index (χ4v) is 2.13. The zero-order chi connectivity index (χ0) is 14.0. The van der Waals surface area contributed by atoms with Gasteiger partial charge in [-0.05, 0) is 45.0 Å². The van der Waals surface area contributed by atoms with E-state index in [1.54, 1.807) is 18.2 Å². The molecule has 0 spiro atoms. The van der Waals surface area contributed by atoms with E-state index in [4.69, 9.17) is 0 Å². The average Bonchev–Trinajstić information content (AvgIpc) is 2.32. The summed E-state index contributed by atoms with van der Waals surface area (Å²) in [5.41, 5.74) is 3.23. The molecule has 0 aliphatic heterocycles. The van der Waals surface area contributed by atoms with Crippen molar-refractivity contribution >= 4 is 5.69 Å². The smallest absolute Gasteiger partial charge is 0.124 e. The van der Waals surface area contributed by atoms with Crippen LogP contribution in [0.25, 0.3) is 0 Å². The Morgan fingerprint density at radius 1 is 1.05 bits per heavy atom. The van der Waals surface area contributed by atoms with E-state index in [9.17, 15) is 10.2 Å². The summed E-state index contributed by atoms with van der Waals surface area (Å²) in [6.07, 6.45) is 0. The average molecular weight is 258 g/mol. The van der Waals surface area contributed by atoms with E-state index in [2.05, 4.69) is 10.3 Å². The lowest BCUT2D eigenvalue weighted by Gasteiger charge is -2.19. The molecule has 0 aliphatic rings. The summed E-state index contributed by atoms with van der Waals surface area (Å²) < 4.78 is 0. The Balaban J connectivity index is 2.28. The molecule has 1 aromatic carbocycles. The molecule has 1 unspecified atom stereocenters. The Labute approximate surface area is 112 Å². The molecule has 0 bridgehead atoms. The van der Waals surface area contributed by atoms with Gasteiger partial charge in [-0.3, -0.25) is 4.98 Å². The molecule has 0 fully saturated rings. The van der Waals surface area contributed by atoms with E-state index in [1.165, 1.54) is 0 Å². The van der Waals surface area contributed by atoms with Gasteiger partial charge in [0.25, 0.3) is 0 Å². The van der Waals surface area contributed by atoms with E-state index >= 15 is 0 Å². The van der Waals surface area contributed by atoms with Crippen molar-refractivity contribution in [1.82, 2.24) is 4.98 Å². The zero-order valence-electron chi connectivity index (χ0n) is 11.3. The molecule has 100 valence electrons. The minimum Gasteiger partial charge on any atom is -0.507 e. The number of hydrogen-bond donors (Lipinski definition) is 3. The van der Waals surface area contributed by atoms with E-state index in [-0.39, 0.29) is 17.5 Å². The number of phenolic OH excluding ortho intramolecular Hbond substituents is 2. The summed E-state index contributed by atoms with van der Waals surface area (Å²) in [5.74, 6) is 0.162. The maximum Gasteiger partial charge on any atom is 0.124 e. The Morgan fingerprint density at radius 2 is 1.68 bits per heavy atom. The highest BCUT2D eigenvalue weighted by molar-refractivity contribution is 5.53. The molecule has 4 nitrogen and oxygen atoms in total. The predicted molar refractivity (Wildman–Crippen MR) is 75.5 cm³/mol. The lowest BCUT2D eigenvalue weighted by Crippen LogP contribution is -2.09. The Kier molecular flexibility index (Phi) is 3.60. The third-order valence-electron chi connectivity index (χ3n) is 3.09. The van der Waals surface area contributed by atoms with Crippen molar-refractivity contribution in [2.75, 3.05) is 5.32 Å². The molecule has 0 saturated carbocycles. The second kappa shape index (κ2) is 5.18. The molecule has 0 aliphatic carbocycles. The van der Waals surface area contributed by atoms with Gasteiger partial charge in [0.05, 0.1) is 23.0 Å². The highest BCUT2D eigenvalue weighted by Crippen LogP contribution is 2.34. The molecular formula is C15H18N2O2. The highest BCUT2D eigenvalue weighted by atomic mass is 16.3. The normalized spacial score (nSPS) is 12.2. The molecule has 4 heteroatoms. The predicted octanol–water partition coefficient (Wildman–Crippen LogP) is 3.28. The number of nitrogens with zero attached hydrogens (tertiary/aromatic N) is 1. The van der Waals surface area contributed by atoms with Gasteiger partial charge in [-0.2, -0.15) is 0 Å². The van der Waals surface area contributed by atoms with Crippen LogP contribution in [-0.4, -0.2) is 15.2 Å². The van der Waals surface area contributed by atoms with Gasteiger partial charge < -0.3 is 15.5 Å². The minimum absolute atomic E-state index is 0.0812. The highest BCUT2D eigenvalue weighted by Gasteiger charge is 2.15. The number of pyridine rings is 1. The van der Waals surface area contributed by atoms with E-state index < -0.39 is 0 Å². The van der Waals surface area contributed by atoms with Gasteiger partial charge in [-0.15, -0.1) is 0 Å². The van der Waals surface area contributed by atoms with Gasteiger partial charge in [-0.1, -0.05) is 6.07 Å². The fourth-order valence-electron chi connectivity index (χ4n) is 2.13. The summed E-state index contributed by atoms with van der Waals surface area (Å²) in [6.45, 7) is 5.75. The molecule has 0 amide bonds. The van der Waals surface area contributed by atoms with Gasteiger partial charge >= 0.3 is 0 Å². The van der Waals surface area contributed by atoms with E-state index in [0.29, 0.717) is 5.56 Å². The summed E-state index contributed by atoms with van der Waals surface area (Å²) in [6, 6.07) is 8.39. The quantitative estimate of drug-likeness (QED) is 0.790. The monoisotopic (exact) mass is 258 g/mol. The Bertz CT molecular complexity index is 576. The van der Waals surface area contributed by atoms with E-state index in [0.717, 1.165) is 17.1 Å². The van der Waals surface area contributed by atoms with Crippen molar-refractivity contribution in [1.29, 1.82) is 0 Å². The number of anilines is 1. The van der Waals surface area contributed by atoms with Gasteiger partial charge in [-0.25, -0.2) is 0 Å². The van der Waals surface area contributed by atoms with E-state index in [1.807, 2.05) is 32.9 Å². The molecule has 3 N–H and O–H groups in total. The molecule has 0 radical (unpaired) electrons. The van der Waals surface area contributed by atoms with Crippen molar-refractivity contribution in [2.24, 2.45) is 0 Å². The lowest BCUT2D eigenvalue weighted by molar-refractivity contribution is 0.434. The van der Waals surface area contributed by atoms with Gasteiger partial charge in [0.2, 0.25) is 0 Å². The van der Waals surface area contributed by atoms with Crippen LogP contribution in [0.4, 0.5) is 5.69 Å². The van der Waals surface area contributed by atoms with Crippen molar-refractivity contribution in [3.63, 3.8) is 0 Å². The maximum absolute atomic E-state index is 9.84. The van der Waals surface area contributed by atoms with Gasteiger partial charge in [0, 0.05) is 5.69 Å². The molecule has 1 aromatic heterocycles. The number of benzene rings is 1. The zero-order valence-corrected chi connectivity index (χ0v) is 11.3. The second-order valence-corrected chi connectivity index (χ2v) is 4.66. The van der Waals surface area contributed by atoms with Crippen LogP contribution < -0.4 is 5.32 Å². The number of hydrogen-bond acceptors (Lipinski definition) is 4. The topological polar surface area (TPSA) is 65.4 Å². The molecule has 2 aromatic rings. The van der Waals surface area contributed by atoms with Gasteiger partial charge in [0.1, 0.15) is 11.5 Å². The van der Waals surface area contributed by atoms with Crippen LogP contribution in [0.3, 0.4) is 0 Å². The number of aromatic hydroxyl groups is 2. The summed E-state index contributed by atoms with van der Waals surface area (Å²) >= 11 is 0. The number of aryl methyl sites for hydroxylation is 2. The first-order valence-corrected chi connectivity index (χ1v) is 6.20. The number of rotatable bonds is 3. The lowest BCUT2D eigenvalue weighted by atomic mass is 10.1.